The van der Waals surface area contributed by atoms with Crippen molar-refractivity contribution in [3.05, 3.63) is 58.6 Å². The van der Waals surface area contributed by atoms with Crippen LogP contribution in [0.15, 0.2) is 41.8 Å². The Kier molecular flexibility index (Phi) is 3.69. The second-order valence-electron chi connectivity index (χ2n) is 6.43. The van der Waals surface area contributed by atoms with Gasteiger partial charge in [-0.25, -0.2) is 0 Å². The predicted octanol–water partition coefficient (Wildman–Crippen LogP) is 4.20. The summed E-state index contributed by atoms with van der Waals surface area (Å²) < 4.78 is 3.32. The average Bonchev–Trinajstić information content (AvgIpc) is 3.14. The van der Waals surface area contributed by atoms with Crippen molar-refractivity contribution >= 4 is 27.5 Å². The highest BCUT2D eigenvalue weighted by Crippen LogP contribution is 2.29. The zero-order chi connectivity index (χ0) is 15.8. The third-order valence-corrected chi connectivity index (χ3v) is 5.28. The first-order chi connectivity index (χ1) is 11.2. The molecule has 0 aliphatic heterocycles. The fourth-order valence-electron chi connectivity index (χ4n) is 2.98. The first kappa shape index (κ1) is 14.5. The summed E-state index contributed by atoms with van der Waals surface area (Å²) in [5.74, 6) is 0.744. The van der Waals surface area contributed by atoms with E-state index in [1.54, 1.807) is 11.3 Å². The lowest BCUT2D eigenvalue weighted by atomic mass is 10.1. The van der Waals surface area contributed by atoms with E-state index < -0.39 is 0 Å². The topological polar surface area (TPSA) is 34.0 Å². The molecule has 3 nitrogen and oxygen atoms in total. The van der Waals surface area contributed by atoms with Gasteiger partial charge in [0.2, 0.25) is 0 Å². The SMILES string of the molecule is Cc1cccc(Cn2c(C(=O)NCC3CC3)cc3sccc32)c1. The van der Waals surface area contributed by atoms with E-state index >= 15 is 0 Å². The molecule has 1 saturated carbocycles. The molecule has 0 unspecified atom stereocenters. The van der Waals surface area contributed by atoms with Crippen LogP contribution in [0.4, 0.5) is 0 Å². The quantitative estimate of drug-likeness (QED) is 0.750. The molecule has 2 aromatic heterocycles. The Hall–Kier alpha value is -2.07. The zero-order valence-corrected chi connectivity index (χ0v) is 14.0. The number of aromatic nitrogens is 1. The average molecular weight is 324 g/mol. The van der Waals surface area contributed by atoms with E-state index in [1.165, 1.54) is 28.7 Å². The Morgan fingerprint density at radius 2 is 2.17 bits per heavy atom. The molecule has 1 aliphatic carbocycles. The molecule has 0 spiro atoms. The number of nitrogens with zero attached hydrogens (tertiary/aromatic N) is 1. The third-order valence-electron chi connectivity index (χ3n) is 4.43. The Labute approximate surface area is 139 Å². The van der Waals surface area contributed by atoms with Gasteiger partial charge in [0.25, 0.3) is 5.91 Å². The lowest BCUT2D eigenvalue weighted by molar-refractivity contribution is 0.0943. The van der Waals surface area contributed by atoms with E-state index in [0.717, 1.165) is 24.3 Å². The van der Waals surface area contributed by atoms with Gasteiger partial charge in [-0.15, -0.1) is 11.3 Å². The molecular weight excluding hydrogens is 304 g/mol. The summed E-state index contributed by atoms with van der Waals surface area (Å²) in [6.07, 6.45) is 2.50. The van der Waals surface area contributed by atoms with Gasteiger partial charge < -0.3 is 9.88 Å². The third kappa shape index (κ3) is 3.04. The molecule has 2 heterocycles. The van der Waals surface area contributed by atoms with Crippen molar-refractivity contribution in [1.29, 1.82) is 0 Å². The fraction of sp³-hybridized carbons (Fsp3) is 0.316. The highest BCUT2D eigenvalue weighted by molar-refractivity contribution is 7.17. The monoisotopic (exact) mass is 324 g/mol. The Balaban J connectivity index is 1.66. The fourth-order valence-corrected chi connectivity index (χ4v) is 3.80. The van der Waals surface area contributed by atoms with E-state index in [0.29, 0.717) is 5.92 Å². The molecule has 0 saturated heterocycles. The minimum Gasteiger partial charge on any atom is -0.350 e. The maximum atomic E-state index is 12.6. The van der Waals surface area contributed by atoms with Crippen LogP contribution in [-0.2, 0) is 6.54 Å². The zero-order valence-electron chi connectivity index (χ0n) is 13.2. The van der Waals surface area contributed by atoms with Crippen molar-refractivity contribution in [2.75, 3.05) is 6.54 Å². The van der Waals surface area contributed by atoms with Gasteiger partial charge in [0.05, 0.1) is 10.2 Å². The molecule has 3 aromatic rings. The number of nitrogens with one attached hydrogen (secondary N) is 1. The van der Waals surface area contributed by atoms with Gasteiger partial charge in [0.1, 0.15) is 5.69 Å². The standard InChI is InChI=1S/C19H20N2OS/c1-13-3-2-4-15(9-13)12-21-16-7-8-23-18(16)10-17(21)19(22)20-11-14-5-6-14/h2-4,7-10,14H,5-6,11-12H2,1H3,(H,20,22). The number of hydrogen-bond donors (Lipinski definition) is 1. The smallest absolute Gasteiger partial charge is 0.267 e. The Morgan fingerprint density at radius 3 is 2.96 bits per heavy atom. The molecule has 0 atom stereocenters. The van der Waals surface area contributed by atoms with Crippen molar-refractivity contribution in [1.82, 2.24) is 9.88 Å². The van der Waals surface area contributed by atoms with Crippen molar-refractivity contribution in [3.63, 3.8) is 0 Å². The van der Waals surface area contributed by atoms with Gasteiger partial charge >= 0.3 is 0 Å². The molecule has 0 bridgehead atoms. The lowest BCUT2D eigenvalue weighted by Gasteiger charge is -2.11. The van der Waals surface area contributed by atoms with E-state index in [1.807, 2.05) is 6.07 Å². The number of benzene rings is 1. The van der Waals surface area contributed by atoms with Gasteiger partial charge in [-0.3, -0.25) is 4.79 Å². The minimum absolute atomic E-state index is 0.0490. The van der Waals surface area contributed by atoms with Crippen molar-refractivity contribution in [2.45, 2.75) is 26.3 Å². The molecule has 1 aliphatic rings. The molecule has 4 heteroatoms. The van der Waals surface area contributed by atoms with Crippen LogP contribution < -0.4 is 5.32 Å². The van der Waals surface area contributed by atoms with Gasteiger partial charge in [-0.05, 0) is 48.8 Å². The summed E-state index contributed by atoms with van der Waals surface area (Å²) in [5.41, 5.74) is 4.39. The summed E-state index contributed by atoms with van der Waals surface area (Å²) in [5, 5.41) is 5.18. The summed E-state index contributed by atoms with van der Waals surface area (Å²) in [6.45, 7) is 3.64. The van der Waals surface area contributed by atoms with E-state index in [2.05, 4.69) is 52.5 Å². The highest BCUT2D eigenvalue weighted by atomic mass is 32.1. The normalized spacial score (nSPS) is 14.3. The largest absolute Gasteiger partial charge is 0.350 e. The van der Waals surface area contributed by atoms with E-state index in [-0.39, 0.29) is 5.91 Å². The molecular formula is C19H20N2OS. The summed E-state index contributed by atoms with van der Waals surface area (Å²) in [4.78, 5) is 12.6. The van der Waals surface area contributed by atoms with Crippen LogP contribution in [0.25, 0.3) is 10.2 Å². The molecule has 1 N–H and O–H groups in total. The minimum atomic E-state index is 0.0490. The van der Waals surface area contributed by atoms with E-state index in [9.17, 15) is 4.79 Å². The first-order valence-electron chi connectivity index (χ1n) is 8.11. The molecule has 1 aromatic carbocycles. The molecule has 1 fully saturated rings. The Bertz CT molecular complexity index is 857. The number of aryl methyl sites for hydroxylation is 1. The molecule has 1 amide bonds. The van der Waals surface area contributed by atoms with Crippen LogP contribution >= 0.6 is 11.3 Å². The van der Waals surface area contributed by atoms with Crippen LogP contribution in [0.3, 0.4) is 0 Å². The van der Waals surface area contributed by atoms with E-state index in [4.69, 9.17) is 0 Å². The second-order valence-corrected chi connectivity index (χ2v) is 7.38. The van der Waals surface area contributed by atoms with Crippen LogP contribution in [-0.4, -0.2) is 17.0 Å². The van der Waals surface area contributed by atoms with Gasteiger partial charge in [-0.1, -0.05) is 29.8 Å². The summed E-state index contributed by atoms with van der Waals surface area (Å²) in [7, 11) is 0. The highest BCUT2D eigenvalue weighted by Gasteiger charge is 2.23. The second kappa shape index (κ2) is 5.85. The number of rotatable bonds is 5. The molecule has 118 valence electrons. The lowest BCUT2D eigenvalue weighted by Crippen LogP contribution is -2.27. The van der Waals surface area contributed by atoms with Crippen LogP contribution in [0, 0.1) is 12.8 Å². The van der Waals surface area contributed by atoms with Gasteiger partial charge in [0.15, 0.2) is 0 Å². The van der Waals surface area contributed by atoms with Crippen molar-refractivity contribution in [2.24, 2.45) is 5.92 Å². The van der Waals surface area contributed by atoms with Gasteiger partial charge in [0, 0.05) is 13.1 Å². The Morgan fingerprint density at radius 1 is 1.30 bits per heavy atom. The van der Waals surface area contributed by atoms with Crippen molar-refractivity contribution in [3.8, 4) is 0 Å². The summed E-state index contributed by atoms with van der Waals surface area (Å²) >= 11 is 1.69. The number of fused-ring (bicyclic) bond motifs is 1. The van der Waals surface area contributed by atoms with Gasteiger partial charge in [-0.2, -0.15) is 0 Å². The number of thiophene rings is 1. The summed E-state index contributed by atoms with van der Waals surface area (Å²) in [6, 6.07) is 12.6. The van der Waals surface area contributed by atoms with Crippen LogP contribution in [0.5, 0.6) is 0 Å². The molecule has 0 radical (unpaired) electrons. The van der Waals surface area contributed by atoms with Crippen LogP contribution in [0.1, 0.15) is 34.5 Å². The number of carbonyl (C=O) groups excluding carboxylic acids is 1. The van der Waals surface area contributed by atoms with Crippen molar-refractivity contribution < 1.29 is 4.79 Å². The number of carbonyl (C=O) groups is 1. The first-order valence-corrected chi connectivity index (χ1v) is 8.99. The molecule has 23 heavy (non-hydrogen) atoms. The van der Waals surface area contributed by atoms with Crippen LogP contribution in [0.2, 0.25) is 0 Å². The maximum Gasteiger partial charge on any atom is 0.267 e. The predicted molar refractivity (Wildman–Crippen MR) is 95.2 cm³/mol. The number of amides is 1. The maximum absolute atomic E-state index is 12.6. The molecule has 4 rings (SSSR count). The number of hydrogen-bond acceptors (Lipinski definition) is 2.